The molecule has 3 nitrogen and oxygen atoms in total. The van der Waals surface area contributed by atoms with E-state index in [1.165, 1.54) is 12.1 Å². The van der Waals surface area contributed by atoms with Crippen LogP contribution in [-0.2, 0) is 10.0 Å². The molecule has 0 aliphatic heterocycles. The highest BCUT2D eigenvalue weighted by molar-refractivity contribution is 7.89. The van der Waals surface area contributed by atoms with Crippen LogP contribution in [0.2, 0.25) is 0 Å². The number of alkyl halides is 1. The first-order valence-corrected chi connectivity index (χ1v) is 8.33. The van der Waals surface area contributed by atoms with Crippen molar-refractivity contribution >= 4 is 15.6 Å². The van der Waals surface area contributed by atoms with E-state index in [-0.39, 0.29) is 17.0 Å². The third-order valence-corrected chi connectivity index (χ3v) is 4.75. The molecule has 2 rings (SSSR count). The van der Waals surface area contributed by atoms with Crippen LogP contribution < -0.4 is 4.72 Å². The second-order valence-corrected chi connectivity index (χ2v) is 6.79. The largest absolute Gasteiger partial charge is 0.241 e. The molecule has 22 heavy (non-hydrogen) atoms. The molecule has 0 fully saturated rings. The number of halogens is 1. The van der Waals surface area contributed by atoms with Crippen LogP contribution >= 0.6 is 0 Å². The lowest BCUT2D eigenvalue weighted by Gasteiger charge is -2.13. The van der Waals surface area contributed by atoms with Gasteiger partial charge in [0.1, 0.15) is 6.17 Å². The fourth-order valence-corrected chi connectivity index (χ4v) is 2.97. The number of hydrogen-bond acceptors (Lipinski definition) is 2. The highest BCUT2D eigenvalue weighted by Crippen LogP contribution is 2.19. The van der Waals surface area contributed by atoms with Crippen molar-refractivity contribution in [3.05, 3.63) is 72.3 Å². The van der Waals surface area contributed by atoms with Crippen molar-refractivity contribution < 1.29 is 12.8 Å². The predicted molar refractivity (Wildman–Crippen MR) is 86.7 cm³/mol. The molecule has 0 unspecified atom stereocenters. The van der Waals surface area contributed by atoms with Crippen molar-refractivity contribution in [3.8, 4) is 0 Å². The van der Waals surface area contributed by atoms with Crippen LogP contribution in [0.25, 0.3) is 5.57 Å². The van der Waals surface area contributed by atoms with Gasteiger partial charge < -0.3 is 0 Å². The van der Waals surface area contributed by atoms with Crippen molar-refractivity contribution in [2.24, 2.45) is 0 Å². The van der Waals surface area contributed by atoms with Crippen LogP contribution in [0, 0.1) is 6.92 Å². The summed E-state index contributed by atoms with van der Waals surface area (Å²) >= 11 is 0. The minimum atomic E-state index is -3.72. The molecule has 0 radical (unpaired) electrons. The van der Waals surface area contributed by atoms with Gasteiger partial charge in [0.15, 0.2) is 0 Å². The summed E-state index contributed by atoms with van der Waals surface area (Å²) in [5, 5.41) is 0. The normalized spacial score (nSPS) is 12.8. The van der Waals surface area contributed by atoms with Crippen LogP contribution in [0.4, 0.5) is 4.39 Å². The van der Waals surface area contributed by atoms with Gasteiger partial charge in [-0.2, -0.15) is 0 Å². The number of hydrogen-bond donors (Lipinski definition) is 1. The van der Waals surface area contributed by atoms with Gasteiger partial charge in [0.05, 0.1) is 4.90 Å². The zero-order chi connectivity index (χ0) is 16.2. The Balaban J connectivity index is 2.02. The SMILES string of the molecule is C=C(c1ccccc1)[C@H](F)CNS(=O)(=O)c1ccc(C)cc1. The highest BCUT2D eigenvalue weighted by atomic mass is 32.2. The van der Waals surface area contributed by atoms with Crippen molar-refractivity contribution in [3.63, 3.8) is 0 Å². The molecular formula is C17H18FNO2S. The van der Waals surface area contributed by atoms with Gasteiger partial charge in [-0.1, -0.05) is 54.6 Å². The van der Waals surface area contributed by atoms with E-state index < -0.39 is 16.2 Å². The number of rotatable bonds is 6. The Morgan fingerprint density at radius 3 is 2.32 bits per heavy atom. The maximum atomic E-state index is 14.2. The maximum Gasteiger partial charge on any atom is 0.240 e. The van der Waals surface area contributed by atoms with Gasteiger partial charge in [-0.15, -0.1) is 0 Å². The van der Waals surface area contributed by atoms with Crippen molar-refractivity contribution in [2.75, 3.05) is 6.54 Å². The first-order chi connectivity index (χ1) is 10.4. The zero-order valence-corrected chi connectivity index (χ0v) is 13.1. The third-order valence-electron chi connectivity index (χ3n) is 3.31. The van der Waals surface area contributed by atoms with E-state index in [0.717, 1.165) is 5.56 Å². The molecule has 0 aliphatic rings. The molecule has 1 N–H and O–H groups in total. The van der Waals surface area contributed by atoms with E-state index in [9.17, 15) is 12.8 Å². The Morgan fingerprint density at radius 2 is 1.73 bits per heavy atom. The first-order valence-electron chi connectivity index (χ1n) is 6.85. The Hall–Kier alpha value is -1.98. The molecule has 5 heteroatoms. The molecule has 0 heterocycles. The molecule has 0 aliphatic carbocycles. The van der Waals surface area contributed by atoms with Crippen LogP contribution in [-0.4, -0.2) is 21.1 Å². The van der Waals surface area contributed by atoms with E-state index in [0.29, 0.717) is 5.56 Å². The van der Waals surface area contributed by atoms with Crippen LogP contribution in [0.1, 0.15) is 11.1 Å². The second-order valence-electron chi connectivity index (χ2n) is 5.02. The number of sulfonamides is 1. The van der Waals surface area contributed by atoms with Gasteiger partial charge in [-0.25, -0.2) is 17.5 Å². The molecule has 116 valence electrons. The Bertz CT molecular complexity index is 740. The fraction of sp³-hybridized carbons (Fsp3) is 0.176. The average molecular weight is 319 g/mol. The summed E-state index contributed by atoms with van der Waals surface area (Å²) in [5.74, 6) is 0. The van der Waals surface area contributed by atoms with Crippen molar-refractivity contribution in [2.45, 2.75) is 18.0 Å². The van der Waals surface area contributed by atoms with Crippen LogP contribution in [0.3, 0.4) is 0 Å². The quantitative estimate of drug-likeness (QED) is 0.888. The maximum absolute atomic E-state index is 14.2. The minimum Gasteiger partial charge on any atom is -0.241 e. The standard InChI is InChI=1S/C17H18FNO2S/c1-13-8-10-16(11-9-13)22(20,21)19-12-17(18)14(2)15-6-4-3-5-7-15/h3-11,17,19H,2,12H2,1H3/t17-/m1/s1. The lowest BCUT2D eigenvalue weighted by atomic mass is 10.0. The summed E-state index contributed by atoms with van der Waals surface area (Å²) < 4.78 is 40.6. The van der Waals surface area contributed by atoms with E-state index in [1.54, 1.807) is 36.4 Å². The van der Waals surface area contributed by atoms with Gasteiger partial charge in [0.2, 0.25) is 10.0 Å². The van der Waals surface area contributed by atoms with Gasteiger partial charge >= 0.3 is 0 Å². The third kappa shape index (κ3) is 4.02. The van der Waals surface area contributed by atoms with Gasteiger partial charge in [-0.05, 0) is 30.2 Å². The Morgan fingerprint density at radius 1 is 1.14 bits per heavy atom. The average Bonchev–Trinajstić information content (AvgIpc) is 2.53. The van der Waals surface area contributed by atoms with Gasteiger partial charge in [0.25, 0.3) is 0 Å². The van der Waals surface area contributed by atoms with E-state index in [1.807, 2.05) is 13.0 Å². The van der Waals surface area contributed by atoms with E-state index in [4.69, 9.17) is 0 Å². The lowest BCUT2D eigenvalue weighted by Crippen LogP contribution is -2.30. The molecular weight excluding hydrogens is 301 g/mol. The predicted octanol–water partition coefficient (Wildman–Crippen LogP) is 3.32. The summed E-state index contributed by atoms with van der Waals surface area (Å²) in [7, 11) is -3.72. The number of aryl methyl sites for hydroxylation is 1. The fourth-order valence-electron chi connectivity index (χ4n) is 1.94. The summed E-state index contributed by atoms with van der Waals surface area (Å²) in [4.78, 5) is 0.121. The molecule has 0 bridgehead atoms. The van der Waals surface area contributed by atoms with Crippen LogP contribution in [0.15, 0.2) is 66.1 Å². The molecule has 0 spiro atoms. The van der Waals surface area contributed by atoms with Gasteiger partial charge in [0, 0.05) is 6.54 Å². The Labute approximate surface area is 130 Å². The summed E-state index contributed by atoms with van der Waals surface area (Å²) in [6.45, 7) is 5.22. The number of nitrogens with one attached hydrogen (secondary N) is 1. The summed E-state index contributed by atoms with van der Waals surface area (Å²) in [6, 6.07) is 15.3. The van der Waals surface area contributed by atoms with Crippen molar-refractivity contribution in [1.29, 1.82) is 0 Å². The Kier molecular flexibility index (Phi) is 5.11. The highest BCUT2D eigenvalue weighted by Gasteiger charge is 2.18. The van der Waals surface area contributed by atoms with Gasteiger partial charge in [-0.3, -0.25) is 0 Å². The lowest BCUT2D eigenvalue weighted by molar-refractivity contribution is 0.408. The second kappa shape index (κ2) is 6.85. The van der Waals surface area contributed by atoms with Crippen LogP contribution in [0.5, 0.6) is 0 Å². The summed E-state index contributed by atoms with van der Waals surface area (Å²) in [5.41, 5.74) is 1.87. The molecule has 0 saturated carbocycles. The van der Waals surface area contributed by atoms with E-state index in [2.05, 4.69) is 11.3 Å². The number of benzene rings is 2. The topological polar surface area (TPSA) is 46.2 Å². The molecule has 2 aromatic carbocycles. The smallest absolute Gasteiger partial charge is 0.240 e. The molecule has 0 saturated heterocycles. The minimum absolute atomic E-state index is 0.121. The van der Waals surface area contributed by atoms with E-state index >= 15 is 0 Å². The zero-order valence-electron chi connectivity index (χ0n) is 12.3. The molecule has 0 aromatic heterocycles. The summed E-state index contributed by atoms with van der Waals surface area (Å²) in [6.07, 6.45) is -1.48. The molecule has 2 aromatic rings. The first kappa shape index (κ1) is 16.4. The molecule has 1 atom stereocenters. The monoisotopic (exact) mass is 319 g/mol. The van der Waals surface area contributed by atoms with Crippen molar-refractivity contribution in [1.82, 2.24) is 4.72 Å². The molecule has 0 amide bonds.